The molecule has 0 heterocycles. The molecular formula is C19H29N3O4. The van der Waals surface area contributed by atoms with Gasteiger partial charge in [-0.1, -0.05) is 29.8 Å². The van der Waals surface area contributed by atoms with Crippen molar-refractivity contribution in [1.29, 1.82) is 0 Å². The van der Waals surface area contributed by atoms with E-state index in [4.69, 9.17) is 4.74 Å². The summed E-state index contributed by atoms with van der Waals surface area (Å²) < 4.78 is 5.04. The molecule has 0 saturated carbocycles. The molecule has 0 aliphatic rings. The molecule has 144 valence electrons. The molecule has 7 nitrogen and oxygen atoms in total. The van der Waals surface area contributed by atoms with Crippen LogP contribution in [-0.2, 0) is 20.7 Å². The fraction of sp³-hybridized carbons (Fsp3) is 0.526. The van der Waals surface area contributed by atoms with Crippen molar-refractivity contribution < 1.29 is 19.1 Å². The predicted molar refractivity (Wildman–Crippen MR) is 99.8 cm³/mol. The molecule has 0 fully saturated rings. The van der Waals surface area contributed by atoms with E-state index in [0.29, 0.717) is 25.9 Å². The number of carbonyl (C=O) groups excluding carboxylic acids is 3. The van der Waals surface area contributed by atoms with Crippen molar-refractivity contribution in [2.45, 2.75) is 46.1 Å². The number of rotatable bonds is 8. The lowest BCUT2D eigenvalue weighted by molar-refractivity contribution is -0.120. The van der Waals surface area contributed by atoms with Crippen molar-refractivity contribution in [1.82, 2.24) is 16.0 Å². The first-order chi connectivity index (χ1) is 12.2. The van der Waals surface area contributed by atoms with E-state index < -0.39 is 11.7 Å². The average Bonchev–Trinajstić information content (AvgIpc) is 2.53. The molecule has 1 aromatic rings. The summed E-state index contributed by atoms with van der Waals surface area (Å²) in [7, 11) is 0. The van der Waals surface area contributed by atoms with E-state index in [2.05, 4.69) is 16.0 Å². The van der Waals surface area contributed by atoms with Gasteiger partial charge in [0, 0.05) is 13.1 Å². The molecule has 0 radical (unpaired) electrons. The Hall–Kier alpha value is -2.57. The van der Waals surface area contributed by atoms with Gasteiger partial charge in [0.1, 0.15) is 5.60 Å². The van der Waals surface area contributed by atoms with Crippen LogP contribution in [-0.4, -0.2) is 43.1 Å². The second-order valence-corrected chi connectivity index (χ2v) is 7.07. The minimum absolute atomic E-state index is 0.0493. The second kappa shape index (κ2) is 10.4. The number of hydrogen-bond donors (Lipinski definition) is 3. The van der Waals surface area contributed by atoms with Crippen molar-refractivity contribution in [3.05, 3.63) is 35.4 Å². The lowest BCUT2D eigenvalue weighted by atomic mass is 10.1. The molecule has 26 heavy (non-hydrogen) atoms. The molecule has 3 N–H and O–H groups in total. The molecule has 1 rings (SSSR count). The van der Waals surface area contributed by atoms with Gasteiger partial charge in [-0.15, -0.1) is 0 Å². The third-order valence-electron chi connectivity index (χ3n) is 3.28. The van der Waals surface area contributed by atoms with Gasteiger partial charge < -0.3 is 20.7 Å². The number of benzene rings is 1. The van der Waals surface area contributed by atoms with Gasteiger partial charge in [0.15, 0.2) is 0 Å². The number of ether oxygens (including phenoxy) is 1. The van der Waals surface area contributed by atoms with Crippen LogP contribution in [0.5, 0.6) is 0 Å². The van der Waals surface area contributed by atoms with E-state index in [1.165, 1.54) is 0 Å². The summed E-state index contributed by atoms with van der Waals surface area (Å²) in [5.41, 5.74) is 1.53. The maximum absolute atomic E-state index is 11.8. The van der Waals surface area contributed by atoms with Crippen LogP contribution in [0.3, 0.4) is 0 Å². The molecule has 0 unspecified atom stereocenters. The van der Waals surface area contributed by atoms with E-state index in [0.717, 1.165) is 11.1 Å². The first kappa shape index (κ1) is 21.5. The van der Waals surface area contributed by atoms with E-state index in [1.54, 1.807) is 20.8 Å². The summed E-state index contributed by atoms with van der Waals surface area (Å²) in [6.45, 7) is 8.00. The normalized spacial score (nSPS) is 10.8. The van der Waals surface area contributed by atoms with Crippen molar-refractivity contribution >= 4 is 17.9 Å². The molecule has 1 aromatic carbocycles. The Kier molecular flexibility index (Phi) is 8.61. The van der Waals surface area contributed by atoms with Crippen LogP contribution in [0.4, 0.5) is 4.79 Å². The van der Waals surface area contributed by atoms with Gasteiger partial charge in [0.25, 0.3) is 0 Å². The number of carbonyl (C=O) groups is 3. The summed E-state index contributed by atoms with van der Waals surface area (Å²) in [5.74, 6) is -0.353. The highest BCUT2D eigenvalue weighted by Crippen LogP contribution is 2.06. The minimum atomic E-state index is -0.629. The molecule has 0 spiro atoms. The van der Waals surface area contributed by atoms with Gasteiger partial charge in [-0.05, 0) is 39.7 Å². The average molecular weight is 363 g/mol. The maximum Gasteiger partial charge on any atom is 0.408 e. The van der Waals surface area contributed by atoms with Crippen LogP contribution in [0, 0.1) is 6.92 Å². The van der Waals surface area contributed by atoms with Crippen LogP contribution >= 0.6 is 0 Å². The Morgan fingerprint density at radius 2 is 1.50 bits per heavy atom. The Bertz CT molecular complexity index is 606. The van der Waals surface area contributed by atoms with Gasteiger partial charge in [0.05, 0.1) is 13.0 Å². The minimum Gasteiger partial charge on any atom is -0.444 e. The first-order valence-corrected chi connectivity index (χ1v) is 8.71. The zero-order valence-electron chi connectivity index (χ0n) is 16.0. The number of alkyl carbamates (subject to hydrolysis) is 1. The molecule has 0 aliphatic heterocycles. The van der Waals surface area contributed by atoms with E-state index in [-0.39, 0.29) is 18.4 Å². The van der Waals surface area contributed by atoms with Gasteiger partial charge in [-0.3, -0.25) is 9.59 Å². The van der Waals surface area contributed by atoms with Crippen LogP contribution in [0.25, 0.3) is 0 Å². The monoisotopic (exact) mass is 363 g/mol. The fourth-order valence-electron chi connectivity index (χ4n) is 2.03. The van der Waals surface area contributed by atoms with Gasteiger partial charge >= 0.3 is 6.09 Å². The highest BCUT2D eigenvalue weighted by Gasteiger charge is 2.16. The second-order valence-electron chi connectivity index (χ2n) is 7.07. The highest BCUT2D eigenvalue weighted by atomic mass is 16.6. The summed E-state index contributed by atoms with van der Waals surface area (Å²) in [6.07, 6.45) is 0.320. The molecule has 0 bridgehead atoms. The number of nitrogens with one attached hydrogen (secondary N) is 3. The summed E-state index contributed by atoms with van der Waals surface area (Å²) >= 11 is 0. The Labute approximate surface area is 154 Å². The smallest absolute Gasteiger partial charge is 0.408 e. The summed E-state index contributed by atoms with van der Waals surface area (Å²) in [4.78, 5) is 34.9. The van der Waals surface area contributed by atoms with Crippen molar-refractivity contribution in [2.75, 3.05) is 19.6 Å². The molecule has 0 saturated heterocycles. The van der Waals surface area contributed by atoms with E-state index >= 15 is 0 Å². The SMILES string of the molecule is Cc1ccc(CC(=O)NCCCNC(=O)CNC(=O)OC(C)(C)C)cc1. The third kappa shape index (κ3) is 10.3. The zero-order valence-corrected chi connectivity index (χ0v) is 16.0. The quantitative estimate of drug-likeness (QED) is 0.612. The lowest BCUT2D eigenvalue weighted by Crippen LogP contribution is -2.40. The van der Waals surface area contributed by atoms with E-state index in [1.807, 2.05) is 31.2 Å². The Morgan fingerprint density at radius 3 is 2.08 bits per heavy atom. The lowest BCUT2D eigenvalue weighted by Gasteiger charge is -2.19. The largest absolute Gasteiger partial charge is 0.444 e. The molecular weight excluding hydrogens is 334 g/mol. The van der Waals surface area contributed by atoms with Crippen molar-refractivity contribution in [2.24, 2.45) is 0 Å². The zero-order chi connectivity index (χ0) is 19.6. The molecule has 7 heteroatoms. The third-order valence-corrected chi connectivity index (χ3v) is 3.28. The molecule has 0 atom stereocenters. The predicted octanol–water partition coefficient (Wildman–Crippen LogP) is 1.68. The number of amides is 3. The molecule has 3 amide bonds. The highest BCUT2D eigenvalue weighted by molar-refractivity contribution is 5.82. The van der Waals surface area contributed by atoms with Crippen LogP contribution in [0.2, 0.25) is 0 Å². The van der Waals surface area contributed by atoms with Crippen molar-refractivity contribution in [3.63, 3.8) is 0 Å². The fourth-order valence-corrected chi connectivity index (χ4v) is 2.03. The van der Waals surface area contributed by atoms with Crippen LogP contribution in [0.1, 0.15) is 38.3 Å². The van der Waals surface area contributed by atoms with E-state index in [9.17, 15) is 14.4 Å². The number of aryl methyl sites for hydroxylation is 1. The van der Waals surface area contributed by atoms with Gasteiger partial charge in [-0.2, -0.15) is 0 Å². The standard InChI is InChI=1S/C19H29N3O4/c1-14-6-8-15(9-7-14)12-16(23)20-10-5-11-21-17(24)13-22-18(25)26-19(2,3)4/h6-9H,5,10-13H2,1-4H3,(H,20,23)(H,21,24)(H,22,25). The molecule has 0 aromatic heterocycles. The Balaban J connectivity index is 2.09. The Morgan fingerprint density at radius 1 is 0.923 bits per heavy atom. The van der Waals surface area contributed by atoms with Gasteiger partial charge in [0.2, 0.25) is 11.8 Å². The molecule has 0 aliphatic carbocycles. The van der Waals surface area contributed by atoms with Gasteiger partial charge in [-0.25, -0.2) is 4.79 Å². The van der Waals surface area contributed by atoms with Crippen LogP contribution in [0.15, 0.2) is 24.3 Å². The summed E-state index contributed by atoms with van der Waals surface area (Å²) in [6, 6.07) is 7.83. The van der Waals surface area contributed by atoms with Crippen molar-refractivity contribution in [3.8, 4) is 0 Å². The summed E-state index contributed by atoms with van der Waals surface area (Å²) in [5, 5.41) is 7.87. The maximum atomic E-state index is 11.8. The first-order valence-electron chi connectivity index (χ1n) is 8.71. The topological polar surface area (TPSA) is 96.5 Å². The number of hydrogen-bond acceptors (Lipinski definition) is 4. The van der Waals surface area contributed by atoms with Crippen LogP contribution < -0.4 is 16.0 Å².